The maximum atomic E-state index is 12.9. The highest BCUT2D eigenvalue weighted by atomic mass is 16.5. The van der Waals surface area contributed by atoms with Crippen LogP contribution in [0.2, 0.25) is 0 Å². The van der Waals surface area contributed by atoms with Crippen molar-refractivity contribution in [2.45, 2.75) is 32.2 Å². The molecule has 1 aromatic rings. The number of rotatable bonds is 7. The molecule has 1 spiro atoms. The molecule has 154 valence electrons. The lowest BCUT2D eigenvalue weighted by molar-refractivity contribution is -0.144. The van der Waals surface area contributed by atoms with Gasteiger partial charge >= 0.3 is 0 Å². The van der Waals surface area contributed by atoms with E-state index in [1.165, 1.54) is 5.56 Å². The normalized spacial score (nSPS) is 22.9. The molecule has 0 aromatic heterocycles. The van der Waals surface area contributed by atoms with Gasteiger partial charge in [-0.25, -0.2) is 0 Å². The van der Waals surface area contributed by atoms with E-state index in [4.69, 9.17) is 4.74 Å². The molecule has 3 rings (SSSR count). The van der Waals surface area contributed by atoms with E-state index < -0.39 is 0 Å². The number of piperidine rings is 2. The van der Waals surface area contributed by atoms with Crippen molar-refractivity contribution in [3.8, 4) is 0 Å². The van der Waals surface area contributed by atoms with E-state index in [0.29, 0.717) is 26.1 Å². The van der Waals surface area contributed by atoms with Gasteiger partial charge < -0.3 is 14.5 Å². The van der Waals surface area contributed by atoms with Crippen LogP contribution < -0.4 is 0 Å². The molecule has 28 heavy (non-hydrogen) atoms. The predicted molar refractivity (Wildman–Crippen MR) is 109 cm³/mol. The Hall–Kier alpha value is -1.92. The molecule has 2 amide bonds. The number of methoxy groups -OCH3 is 1. The van der Waals surface area contributed by atoms with Gasteiger partial charge in [-0.05, 0) is 31.9 Å². The Bertz CT molecular complexity index is 666. The van der Waals surface area contributed by atoms with Gasteiger partial charge in [-0.15, -0.1) is 0 Å². The summed E-state index contributed by atoms with van der Waals surface area (Å²) in [5.41, 5.74) is 1.26. The van der Waals surface area contributed by atoms with Gasteiger partial charge in [-0.1, -0.05) is 30.3 Å². The summed E-state index contributed by atoms with van der Waals surface area (Å²) < 4.78 is 5.16. The lowest BCUT2D eigenvalue weighted by Crippen LogP contribution is -2.56. The van der Waals surface area contributed by atoms with Crippen molar-refractivity contribution in [2.75, 3.05) is 53.5 Å². The molecule has 2 fully saturated rings. The number of carbonyl (C=O) groups excluding carboxylic acids is 2. The average molecular weight is 388 g/mol. The SMILES string of the molecule is COCCN1CC2(CCCN(C(=O)CN(C)Cc3ccccc3)C2)CCC1=O. The second-order valence-electron chi connectivity index (χ2n) is 8.38. The van der Waals surface area contributed by atoms with Gasteiger partial charge in [0, 0.05) is 51.7 Å². The molecule has 6 heteroatoms. The molecule has 1 unspecified atom stereocenters. The van der Waals surface area contributed by atoms with E-state index >= 15 is 0 Å². The Kier molecular flexibility index (Phi) is 7.08. The fourth-order valence-electron chi connectivity index (χ4n) is 4.54. The summed E-state index contributed by atoms with van der Waals surface area (Å²) in [6, 6.07) is 10.2. The molecular weight excluding hydrogens is 354 g/mol. The second kappa shape index (κ2) is 9.52. The van der Waals surface area contributed by atoms with Crippen LogP contribution in [-0.4, -0.2) is 80.0 Å². The highest BCUT2D eigenvalue weighted by molar-refractivity contribution is 5.79. The van der Waals surface area contributed by atoms with Gasteiger partial charge in [0.2, 0.25) is 11.8 Å². The van der Waals surface area contributed by atoms with Crippen LogP contribution in [0.15, 0.2) is 30.3 Å². The quantitative estimate of drug-likeness (QED) is 0.718. The van der Waals surface area contributed by atoms with Crippen molar-refractivity contribution in [1.82, 2.24) is 14.7 Å². The van der Waals surface area contributed by atoms with Crippen molar-refractivity contribution < 1.29 is 14.3 Å². The summed E-state index contributed by atoms with van der Waals surface area (Å²) in [6.45, 7) is 4.74. The summed E-state index contributed by atoms with van der Waals surface area (Å²) in [5, 5.41) is 0. The number of hydrogen-bond donors (Lipinski definition) is 0. The third kappa shape index (κ3) is 5.32. The number of carbonyl (C=O) groups is 2. The molecule has 2 aliphatic heterocycles. The Balaban J connectivity index is 1.56. The fraction of sp³-hybridized carbons (Fsp3) is 0.636. The topological polar surface area (TPSA) is 53.1 Å². The minimum Gasteiger partial charge on any atom is -0.383 e. The van der Waals surface area contributed by atoms with Gasteiger partial charge in [0.05, 0.1) is 13.2 Å². The fourth-order valence-corrected chi connectivity index (χ4v) is 4.54. The molecule has 0 radical (unpaired) electrons. The number of hydrogen-bond acceptors (Lipinski definition) is 4. The lowest BCUT2D eigenvalue weighted by atomic mass is 9.73. The van der Waals surface area contributed by atoms with Crippen LogP contribution in [0.4, 0.5) is 0 Å². The van der Waals surface area contributed by atoms with Crippen molar-refractivity contribution in [3.05, 3.63) is 35.9 Å². The molecule has 2 saturated heterocycles. The van der Waals surface area contributed by atoms with Crippen LogP contribution in [0.25, 0.3) is 0 Å². The molecule has 6 nitrogen and oxygen atoms in total. The van der Waals surface area contributed by atoms with Gasteiger partial charge in [0.1, 0.15) is 0 Å². The first-order chi connectivity index (χ1) is 13.5. The first-order valence-corrected chi connectivity index (χ1v) is 10.3. The highest BCUT2D eigenvalue weighted by Gasteiger charge is 2.42. The number of likely N-dealkylation sites (N-methyl/N-ethyl adjacent to an activating group) is 1. The van der Waals surface area contributed by atoms with E-state index in [-0.39, 0.29) is 17.2 Å². The molecule has 2 aliphatic rings. The van der Waals surface area contributed by atoms with Crippen LogP contribution in [0.3, 0.4) is 0 Å². The first kappa shape index (κ1) is 20.8. The number of nitrogens with zero attached hydrogens (tertiary/aromatic N) is 3. The molecule has 0 saturated carbocycles. The summed E-state index contributed by atoms with van der Waals surface area (Å²) in [5.74, 6) is 0.409. The van der Waals surface area contributed by atoms with Crippen LogP contribution >= 0.6 is 0 Å². The van der Waals surface area contributed by atoms with E-state index in [9.17, 15) is 9.59 Å². The monoisotopic (exact) mass is 387 g/mol. The van der Waals surface area contributed by atoms with Crippen molar-refractivity contribution in [1.29, 1.82) is 0 Å². The van der Waals surface area contributed by atoms with E-state index in [1.54, 1.807) is 7.11 Å². The maximum Gasteiger partial charge on any atom is 0.236 e. The van der Waals surface area contributed by atoms with Gasteiger partial charge in [0.25, 0.3) is 0 Å². The summed E-state index contributed by atoms with van der Waals surface area (Å²) in [4.78, 5) is 31.2. The molecule has 0 bridgehead atoms. The van der Waals surface area contributed by atoms with Crippen LogP contribution in [0.5, 0.6) is 0 Å². The average Bonchev–Trinajstić information content (AvgIpc) is 2.69. The third-order valence-corrected chi connectivity index (χ3v) is 6.03. The van der Waals surface area contributed by atoms with Crippen molar-refractivity contribution in [2.24, 2.45) is 5.41 Å². The number of benzene rings is 1. The van der Waals surface area contributed by atoms with Gasteiger partial charge in [-0.2, -0.15) is 0 Å². The summed E-state index contributed by atoms with van der Waals surface area (Å²) in [7, 11) is 3.66. The van der Waals surface area contributed by atoms with Gasteiger partial charge in [0.15, 0.2) is 0 Å². The van der Waals surface area contributed by atoms with E-state index in [2.05, 4.69) is 17.0 Å². The molecule has 0 aliphatic carbocycles. The Morgan fingerprint density at radius 2 is 2.00 bits per heavy atom. The largest absolute Gasteiger partial charge is 0.383 e. The summed E-state index contributed by atoms with van der Waals surface area (Å²) >= 11 is 0. The zero-order valence-corrected chi connectivity index (χ0v) is 17.2. The smallest absolute Gasteiger partial charge is 0.236 e. The van der Waals surface area contributed by atoms with Crippen LogP contribution in [-0.2, 0) is 20.9 Å². The lowest BCUT2D eigenvalue weighted by Gasteiger charge is -2.48. The van der Waals surface area contributed by atoms with Crippen molar-refractivity contribution in [3.63, 3.8) is 0 Å². The second-order valence-corrected chi connectivity index (χ2v) is 8.38. The minimum atomic E-state index is 0.0492. The molecule has 2 heterocycles. The standard InChI is InChI=1S/C22H33N3O3/c1-23(15-19-7-4-3-5-8-19)16-21(27)24-12-6-10-22(17-24)11-9-20(26)25(18-22)13-14-28-2/h3-5,7-8H,6,9-18H2,1-2H3. The minimum absolute atomic E-state index is 0.0492. The van der Waals surface area contributed by atoms with Crippen LogP contribution in [0, 0.1) is 5.41 Å². The Morgan fingerprint density at radius 3 is 2.75 bits per heavy atom. The van der Waals surface area contributed by atoms with Crippen LogP contribution in [0.1, 0.15) is 31.2 Å². The molecule has 1 aromatic carbocycles. The third-order valence-electron chi connectivity index (χ3n) is 6.03. The van der Waals surface area contributed by atoms with E-state index in [0.717, 1.165) is 45.4 Å². The Morgan fingerprint density at radius 1 is 1.21 bits per heavy atom. The predicted octanol–water partition coefficient (Wildman–Crippen LogP) is 2.00. The first-order valence-electron chi connectivity index (χ1n) is 10.3. The number of amides is 2. The molecular formula is C22H33N3O3. The van der Waals surface area contributed by atoms with Gasteiger partial charge in [-0.3, -0.25) is 14.5 Å². The molecule has 1 atom stereocenters. The highest BCUT2D eigenvalue weighted by Crippen LogP contribution is 2.38. The number of likely N-dealkylation sites (tertiary alicyclic amines) is 2. The molecule has 0 N–H and O–H groups in total. The summed E-state index contributed by atoms with van der Waals surface area (Å²) in [6.07, 6.45) is 3.58. The van der Waals surface area contributed by atoms with E-state index in [1.807, 2.05) is 35.0 Å². The van der Waals surface area contributed by atoms with Crippen molar-refractivity contribution >= 4 is 11.8 Å². The zero-order chi connectivity index (χ0) is 20.0. The Labute approximate surface area is 168 Å². The maximum absolute atomic E-state index is 12.9. The number of ether oxygens (including phenoxy) is 1. The zero-order valence-electron chi connectivity index (χ0n) is 17.2.